The van der Waals surface area contributed by atoms with Gasteiger partial charge in [0.05, 0.1) is 35.2 Å². The lowest BCUT2D eigenvalue weighted by molar-refractivity contribution is -0.114. The largest absolute Gasteiger partial charge is 0.378 e. The van der Waals surface area contributed by atoms with Crippen LogP contribution in [0.4, 0.5) is 16.5 Å². The van der Waals surface area contributed by atoms with Crippen molar-refractivity contribution in [2.45, 2.75) is 44.4 Å². The molecule has 36 heavy (non-hydrogen) atoms. The number of hydrogen-bond donors (Lipinski definition) is 2. The minimum Gasteiger partial charge on any atom is -0.378 e. The molecule has 0 unspecified atom stereocenters. The number of ether oxygens (including phenoxy) is 1. The van der Waals surface area contributed by atoms with Gasteiger partial charge in [-0.05, 0) is 42.7 Å². The van der Waals surface area contributed by atoms with Gasteiger partial charge in [-0.25, -0.2) is 13.4 Å². The smallest absolute Gasteiger partial charge is 0.261 e. The maximum Gasteiger partial charge on any atom is 0.261 e. The first-order chi connectivity index (χ1) is 17.4. The number of thiazole rings is 1. The van der Waals surface area contributed by atoms with Crippen molar-refractivity contribution < 1.29 is 17.9 Å². The summed E-state index contributed by atoms with van der Waals surface area (Å²) in [5.74, 6) is -0.191. The molecule has 3 aromatic rings. The van der Waals surface area contributed by atoms with E-state index in [0.29, 0.717) is 42.8 Å². The van der Waals surface area contributed by atoms with Crippen molar-refractivity contribution >= 4 is 43.8 Å². The van der Waals surface area contributed by atoms with Gasteiger partial charge in [0.25, 0.3) is 10.0 Å². The van der Waals surface area contributed by atoms with Crippen molar-refractivity contribution in [2.75, 3.05) is 41.2 Å². The van der Waals surface area contributed by atoms with Crippen molar-refractivity contribution in [2.24, 2.45) is 0 Å². The van der Waals surface area contributed by atoms with Crippen molar-refractivity contribution in [1.82, 2.24) is 4.98 Å². The van der Waals surface area contributed by atoms with Crippen LogP contribution < -0.4 is 14.9 Å². The van der Waals surface area contributed by atoms with Gasteiger partial charge < -0.3 is 15.0 Å². The maximum atomic E-state index is 13.4. The molecule has 10 heteroatoms. The van der Waals surface area contributed by atoms with E-state index in [-0.39, 0.29) is 10.8 Å². The van der Waals surface area contributed by atoms with Crippen LogP contribution in [-0.2, 0) is 26.0 Å². The Hall–Kier alpha value is -2.95. The lowest BCUT2D eigenvalue weighted by atomic mass is 10.1. The number of morpholine rings is 1. The van der Waals surface area contributed by atoms with Gasteiger partial charge in [0.1, 0.15) is 0 Å². The lowest BCUT2D eigenvalue weighted by Crippen LogP contribution is -2.36. The first-order valence-electron chi connectivity index (χ1n) is 12.2. The number of hydrogen-bond acceptors (Lipinski definition) is 7. The van der Waals surface area contributed by atoms with Crippen LogP contribution in [0, 0.1) is 0 Å². The predicted octanol–water partition coefficient (Wildman–Crippen LogP) is 5.14. The zero-order chi connectivity index (χ0) is 25.5. The third-order valence-corrected chi connectivity index (χ3v) is 8.12. The molecule has 2 heterocycles. The fraction of sp³-hybridized carbons (Fsp3) is 0.385. The van der Waals surface area contributed by atoms with Gasteiger partial charge in [-0.15, -0.1) is 11.3 Å². The average molecular weight is 529 g/mol. The van der Waals surface area contributed by atoms with Gasteiger partial charge in [0.2, 0.25) is 5.91 Å². The summed E-state index contributed by atoms with van der Waals surface area (Å²) in [7, 11) is -3.81. The molecule has 1 aliphatic heterocycles. The molecular weight excluding hydrogens is 496 g/mol. The van der Waals surface area contributed by atoms with E-state index in [2.05, 4.69) is 26.8 Å². The number of nitrogens with zero attached hydrogens (tertiary/aromatic N) is 2. The molecule has 0 spiro atoms. The second kappa shape index (κ2) is 11.9. The van der Waals surface area contributed by atoms with E-state index in [1.165, 1.54) is 18.3 Å². The number of rotatable bonds is 10. The quantitative estimate of drug-likeness (QED) is 0.354. The zero-order valence-corrected chi connectivity index (χ0v) is 22.3. The maximum absolute atomic E-state index is 13.4. The molecule has 1 fully saturated rings. The molecule has 0 saturated carbocycles. The average Bonchev–Trinajstić information content (AvgIpc) is 3.33. The number of anilines is 3. The fourth-order valence-electron chi connectivity index (χ4n) is 4.09. The molecule has 1 saturated heterocycles. The highest BCUT2D eigenvalue weighted by Gasteiger charge is 2.21. The van der Waals surface area contributed by atoms with Crippen molar-refractivity contribution in [3.8, 4) is 11.3 Å². The topological polar surface area (TPSA) is 101 Å². The number of aromatic nitrogens is 1. The zero-order valence-electron chi connectivity index (χ0n) is 20.6. The Balaban J connectivity index is 1.62. The molecule has 0 bridgehead atoms. The molecule has 1 aromatic heterocycles. The van der Waals surface area contributed by atoms with Gasteiger partial charge in [-0.2, -0.15) is 0 Å². The van der Waals surface area contributed by atoms with Crippen LogP contribution in [0.1, 0.15) is 38.7 Å². The van der Waals surface area contributed by atoms with Crippen LogP contribution in [0.15, 0.2) is 52.7 Å². The van der Waals surface area contributed by atoms with Crippen LogP contribution >= 0.6 is 11.3 Å². The summed E-state index contributed by atoms with van der Waals surface area (Å²) < 4.78 is 35.0. The number of aryl methyl sites for hydroxylation is 1. The predicted molar refractivity (Wildman–Crippen MR) is 145 cm³/mol. The molecule has 0 radical (unpaired) electrons. The van der Waals surface area contributed by atoms with Crippen molar-refractivity contribution in [3.05, 3.63) is 53.4 Å². The van der Waals surface area contributed by atoms with E-state index in [0.717, 1.165) is 42.5 Å². The lowest BCUT2D eigenvalue weighted by Gasteiger charge is -2.31. The second-order valence-corrected chi connectivity index (χ2v) is 11.3. The van der Waals surface area contributed by atoms with Crippen LogP contribution in [0.5, 0.6) is 0 Å². The Morgan fingerprint density at radius 1 is 1.11 bits per heavy atom. The van der Waals surface area contributed by atoms with Crippen LogP contribution in [0.3, 0.4) is 0 Å². The fourth-order valence-corrected chi connectivity index (χ4v) is 5.92. The molecule has 192 valence electrons. The standard InChI is InChI=1S/C26H32N4O4S2/c1-3-4-5-6-20-7-10-22(11-8-20)36(32,33)29-23-17-21(24-18-35-26(28-24)27-19(2)31)9-12-25(23)30-13-15-34-16-14-30/h7-12,17-18,29H,3-6,13-16H2,1-2H3,(H,27,28,31). The molecule has 2 aromatic carbocycles. The Morgan fingerprint density at radius 2 is 1.86 bits per heavy atom. The number of carbonyl (C=O) groups is 1. The minimum atomic E-state index is -3.81. The SMILES string of the molecule is CCCCCc1ccc(S(=O)(=O)Nc2cc(-c3csc(NC(C)=O)n3)ccc2N2CCOCC2)cc1. The number of amides is 1. The third-order valence-electron chi connectivity index (χ3n) is 5.98. The van der Waals surface area contributed by atoms with Gasteiger partial charge in [0.15, 0.2) is 5.13 Å². The van der Waals surface area contributed by atoms with E-state index >= 15 is 0 Å². The number of nitrogens with one attached hydrogen (secondary N) is 2. The number of sulfonamides is 1. The summed E-state index contributed by atoms with van der Waals surface area (Å²) in [5.41, 5.74) is 3.82. The van der Waals surface area contributed by atoms with Gasteiger partial charge in [-0.3, -0.25) is 9.52 Å². The second-order valence-electron chi connectivity index (χ2n) is 8.76. The number of unbranched alkanes of at least 4 members (excludes halogenated alkanes) is 2. The third kappa shape index (κ3) is 6.63. The van der Waals surface area contributed by atoms with E-state index in [1.807, 2.05) is 29.6 Å². The van der Waals surface area contributed by atoms with E-state index in [9.17, 15) is 13.2 Å². The summed E-state index contributed by atoms with van der Waals surface area (Å²) in [5, 5.41) is 5.02. The van der Waals surface area contributed by atoms with Gasteiger partial charge >= 0.3 is 0 Å². The highest BCUT2D eigenvalue weighted by molar-refractivity contribution is 7.92. The first kappa shape index (κ1) is 26.1. The van der Waals surface area contributed by atoms with E-state index < -0.39 is 10.0 Å². The minimum absolute atomic E-state index is 0.191. The Morgan fingerprint density at radius 3 is 2.56 bits per heavy atom. The van der Waals surface area contributed by atoms with E-state index in [4.69, 9.17) is 4.74 Å². The molecule has 0 aliphatic carbocycles. The summed E-state index contributed by atoms with van der Waals surface area (Å²) in [6.45, 7) is 6.10. The highest BCUT2D eigenvalue weighted by Crippen LogP contribution is 2.35. The Kier molecular flexibility index (Phi) is 8.60. The highest BCUT2D eigenvalue weighted by atomic mass is 32.2. The summed E-state index contributed by atoms with van der Waals surface area (Å²) in [6.07, 6.45) is 4.35. The molecular formula is C26H32N4O4S2. The monoisotopic (exact) mass is 528 g/mol. The normalized spacial score (nSPS) is 14.0. The van der Waals surface area contributed by atoms with Gasteiger partial charge in [0, 0.05) is 31.0 Å². The van der Waals surface area contributed by atoms with Crippen molar-refractivity contribution in [3.63, 3.8) is 0 Å². The molecule has 0 atom stereocenters. The molecule has 1 aliphatic rings. The van der Waals surface area contributed by atoms with Crippen LogP contribution in [-0.4, -0.2) is 45.6 Å². The molecule has 1 amide bonds. The number of benzene rings is 2. The summed E-state index contributed by atoms with van der Waals surface area (Å²) in [4.78, 5) is 18.2. The summed E-state index contributed by atoms with van der Waals surface area (Å²) >= 11 is 1.32. The molecule has 2 N–H and O–H groups in total. The number of carbonyl (C=O) groups excluding carboxylic acids is 1. The van der Waals surface area contributed by atoms with E-state index in [1.54, 1.807) is 18.2 Å². The van der Waals surface area contributed by atoms with Crippen LogP contribution in [0.25, 0.3) is 11.3 Å². The molecule has 8 nitrogen and oxygen atoms in total. The molecule has 4 rings (SSSR count). The summed E-state index contributed by atoms with van der Waals surface area (Å²) in [6, 6.07) is 12.7. The van der Waals surface area contributed by atoms with Crippen molar-refractivity contribution in [1.29, 1.82) is 0 Å². The Labute approximate surface area is 216 Å². The van der Waals surface area contributed by atoms with Crippen LogP contribution in [0.2, 0.25) is 0 Å². The first-order valence-corrected chi connectivity index (χ1v) is 14.5. The Bertz CT molecular complexity index is 1280. The van der Waals surface area contributed by atoms with Gasteiger partial charge in [-0.1, -0.05) is 38.0 Å².